The van der Waals surface area contributed by atoms with E-state index in [1.165, 1.54) is 4.31 Å². The van der Waals surface area contributed by atoms with Crippen LogP contribution < -0.4 is 10.6 Å². The molecular weight excluding hydrogens is 450 g/mol. The van der Waals surface area contributed by atoms with Gasteiger partial charge in [-0.3, -0.25) is 9.59 Å². The fourth-order valence-corrected chi connectivity index (χ4v) is 5.23. The van der Waals surface area contributed by atoms with Crippen molar-refractivity contribution in [3.8, 4) is 0 Å². The van der Waals surface area contributed by atoms with Crippen LogP contribution in [0.5, 0.6) is 0 Å². The fourth-order valence-electron chi connectivity index (χ4n) is 3.58. The first-order valence-electron chi connectivity index (χ1n) is 10.5. The Morgan fingerprint density at radius 2 is 1.69 bits per heavy atom. The Morgan fingerprint density at radius 3 is 2.31 bits per heavy atom. The Kier molecular flexibility index (Phi) is 7.59. The first-order valence-corrected chi connectivity index (χ1v) is 12.3. The molecule has 2 aromatic rings. The van der Waals surface area contributed by atoms with E-state index in [0.29, 0.717) is 23.6 Å². The molecule has 0 bridgehead atoms. The maximum absolute atomic E-state index is 12.8. The van der Waals surface area contributed by atoms with Gasteiger partial charge < -0.3 is 10.6 Å². The van der Waals surface area contributed by atoms with Gasteiger partial charge in [0, 0.05) is 29.7 Å². The van der Waals surface area contributed by atoms with Gasteiger partial charge in [0.1, 0.15) is 6.04 Å². The molecule has 0 radical (unpaired) electrons. The molecule has 1 aliphatic rings. The number of carbonyl (C=O) groups is 2. The number of hydrogen-bond acceptors (Lipinski definition) is 4. The average Bonchev–Trinajstić information content (AvgIpc) is 2.76. The average molecular weight is 478 g/mol. The molecule has 1 heterocycles. The number of sulfonamides is 1. The molecule has 3 rings (SSSR count). The molecule has 9 heteroatoms. The number of aryl methyl sites for hydroxylation is 2. The molecule has 2 N–H and O–H groups in total. The van der Waals surface area contributed by atoms with Gasteiger partial charge in [0.15, 0.2) is 0 Å². The van der Waals surface area contributed by atoms with Crippen LogP contribution in [0.1, 0.15) is 30.9 Å². The molecule has 0 aromatic heterocycles. The number of nitrogens with zero attached hydrogens (tertiary/aromatic N) is 1. The van der Waals surface area contributed by atoms with Crippen LogP contribution in [0.25, 0.3) is 0 Å². The van der Waals surface area contributed by atoms with E-state index in [4.69, 9.17) is 11.6 Å². The molecule has 0 unspecified atom stereocenters. The number of amides is 2. The molecule has 1 atom stereocenters. The number of rotatable bonds is 6. The van der Waals surface area contributed by atoms with Crippen molar-refractivity contribution in [2.45, 2.75) is 44.6 Å². The van der Waals surface area contributed by atoms with Crippen LogP contribution in [0.15, 0.2) is 47.4 Å². The van der Waals surface area contributed by atoms with Crippen molar-refractivity contribution in [3.05, 3.63) is 58.6 Å². The SMILES string of the molecule is Cc1ccc(S(=O)(=O)N2CCC(C(=O)N[C@@H](C)C(=O)Nc3cc(Cl)ccc3C)CC2)cc1. The molecule has 0 spiro atoms. The highest BCUT2D eigenvalue weighted by Crippen LogP contribution is 2.25. The van der Waals surface area contributed by atoms with Crippen LogP contribution in [0.2, 0.25) is 5.02 Å². The van der Waals surface area contributed by atoms with Crippen LogP contribution in [0, 0.1) is 19.8 Å². The largest absolute Gasteiger partial charge is 0.344 e. The predicted molar refractivity (Wildman–Crippen MR) is 125 cm³/mol. The zero-order valence-corrected chi connectivity index (χ0v) is 20.0. The third-order valence-electron chi connectivity index (χ3n) is 5.69. The third kappa shape index (κ3) is 5.68. The standard InChI is InChI=1S/C23H28ClN3O4S/c1-15-4-8-20(9-5-15)32(30,31)27-12-10-18(11-13-27)23(29)25-17(3)22(28)26-21-14-19(24)7-6-16(21)2/h4-9,14,17-18H,10-13H2,1-3H3,(H,25,29)(H,26,28)/t17-/m0/s1. The number of piperidine rings is 1. The van der Waals surface area contributed by atoms with Crippen LogP contribution in [-0.2, 0) is 19.6 Å². The van der Waals surface area contributed by atoms with E-state index in [1.807, 2.05) is 13.8 Å². The van der Waals surface area contributed by atoms with Crippen LogP contribution in [-0.4, -0.2) is 43.7 Å². The molecular formula is C23H28ClN3O4S. The van der Waals surface area contributed by atoms with Gasteiger partial charge >= 0.3 is 0 Å². The molecule has 0 saturated carbocycles. The monoisotopic (exact) mass is 477 g/mol. The van der Waals surface area contributed by atoms with Gasteiger partial charge in [0.2, 0.25) is 21.8 Å². The summed E-state index contributed by atoms with van der Waals surface area (Å²) in [5.74, 6) is -0.937. The zero-order valence-electron chi connectivity index (χ0n) is 18.4. The van der Waals surface area contributed by atoms with Crippen molar-refractivity contribution in [1.29, 1.82) is 0 Å². The molecule has 0 aliphatic carbocycles. The van der Waals surface area contributed by atoms with Crippen molar-refractivity contribution in [2.24, 2.45) is 5.92 Å². The first-order chi connectivity index (χ1) is 15.1. The highest BCUT2D eigenvalue weighted by Gasteiger charge is 2.33. The minimum atomic E-state index is -3.58. The topological polar surface area (TPSA) is 95.6 Å². The number of carbonyl (C=O) groups excluding carboxylic acids is 2. The Labute approximate surface area is 194 Å². The summed E-state index contributed by atoms with van der Waals surface area (Å²) in [7, 11) is -3.58. The molecule has 172 valence electrons. The van der Waals surface area contributed by atoms with Crippen molar-refractivity contribution in [3.63, 3.8) is 0 Å². The summed E-state index contributed by atoms with van der Waals surface area (Å²) in [4.78, 5) is 25.4. The van der Waals surface area contributed by atoms with Crippen molar-refractivity contribution in [1.82, 2.24) is 9.62 Å². The normalized spacial score (nSPS) is 16.4. The van der Waals surface area contributed by atoms with E-state index in [0.717, 1.165) is 11.1 Å². The Morgan fingerprint density at radius 1 is 1.06 bits per heavy atom. The van der Waals surface area contributed by atoms with Crippen LogP contribution >= 0.6 is 11.6 Å². The second kappa shape index (κ2) is 10.0. The lowest BCUT2D eigenvalue weighted by atomic mass is 9.97. The van der Waals surface area contributed by atoms with Crippen LogP contribution in [0.3, 0.4) is 0 Å². The van der Waals surface area contributed by atoms with E-state index in [2.05, 4.69) is 10.6 Å². The molecule has 32 heavy (non-hydrogen) atoms. The second-order valence-corrected chi connectivity index (χ2v) is 10.5. The predicted octanol–water partition coefficient (Wildman–Crippen LogP) is 3.50. The van der Waals surface area contributed by atoms with E-state index in [-0.39, 0.29) is 35.7 Å². The van der Waals surface area contributed by atoms with Gasteiger partial charge in [-0.15, -0.1) is 0 Å². The smallest absolute Gasteiger partial charge is 0.246 e. The lowest BCUT2D eigenvalue weighted by Crippen LogP contribution is -2.47. The fraction of sp³-hybridized carbons (Fsp3) is 0.391. The Hall–Kier alpha value is -2.42. The zero-order chi connectivity index (χ0) is 23.5. The number of benzene rings is 2. The van der Waals surface area contributed by atoms with Gasteiger partial charge in [-0.05, 0) is 63.4 Å². The van der Waals surface area contributed by atoms with Gasteiger partial charge in [-0.1, -0.05) is 35.4 Å². The minimum Gasteiger partial charge on any atom is -0.344 e. The summed E-state index contributed by atoms with van der Waals surface area (Å²) >= 11 is 5.99. The summed E-state index contributed by atoms with van der Waals surface area (Å²) < 4.78 is 27.1. The highest BCUT2D eigenvalue weighted by atomic mass is 35.5. The molecule has 1 aliphatic heterocycles. The molecule has 1 fully saturated rings. The van der Waals surface area contributed by atoms with E-state index in [1.54, 1.807) is 49.4 Å². The number of anilines is 1. The maximum Gasteiger partial charge on any atom is 0.246 e. The van der Waals surface area contributed by atoms with Gasteiger partial charge in [-0.25, -0.2) is 8.42 Å². The summed E-state index contributed by atoms with van der Waals surface area (Å²) in [6, 6.07) is 11.2. The maximum atomic E-state index is 12.8. The van der Waals surface area contributed by atoms with E-state index < -0.39 is 16.1 Å². The lowest BCUT2D eigenvalue weighted by molar-refractivity contribution is -0.129. The minimum absolute atomic E-state index is 0.247. The Bertz CT molecular complexity index is 1090. The quantitative estimate of drug-likeness (QED) is 0.665. The second-order valence-electron chi connectivity index (χ2n) is 8.17. The molecule has 7 nitrogen and oxygen atoms in total. The van der Waals surface area contributed by atoms with Gasteiger partial charge in [0.25, 0.3) is 0 Å². The molecule has 1 saturated heterocycles. The first kappa shape index (κ1) is 24.2. The number of hydrogen-bond donors (Lipinski definition) is 2. The van der Waals surface area contributed by atoms with Crippen molar-refractivity contribution in [2.75, 3.05) is 18.4 Å². The van der Waals surface area contributed by atoms with Gasteiger partial charge in [-0.2, -0.15) is 4.31 Å². The summed E-state index contributed by atoms with van der Waals surface area (Å²) in [6.45, 7) is 5.89. The third-order valence-corrected chi connectivity index (χ3v) is 7.84. The highest BCUT2D eigenvalue weighted by molar-refractivity contribution is 7.89. The lowest BCUT2D eigenvalue weighted by Gasteiger charge is -2.31. The van der Waals surface area contributed by atoms with Crippen molar-refractivity contribution >= 4 is 39.1 Å². The molecule has 2 aromatic carbocycles. The summed E-state index contributed by atoms with van der Waals surface area (Å²) in [5.41, 5.74) is 2.45. The number of nitrogens with one attached hydrogen (secondary N) is 2. The van der Waals surface area contributed by atoms with Crippen molar-refractivity contribution < 1.29 is 18.0 Å². The summed E-state index contributed by atoms with van der Waals surface area (Å²) in [6.07, 6.45) is 0.803. The summed E-state index contributed by atoms with van der Waals surface area (Å²) in [5, 5.41) is 6.03. The van der Waals surface area contributed by atoms with Gasteiger partial charge in [0.05, 0.1) is 4.90 Å². The number of halogens is 1. The van der Waals surface area contributed by atoms with E-state index >= 15 is 0 Å². The molecule has 2 amide bonds. The van der Waals surface area contributed by atoms with Crippen LogP contribution in [0.4, 0.5) is 5.69 Å². The Balaban J connectivity index is 1.54. The van der Waals surface area contributed by atoms with E-state index in [9.17, 15) is 18.0 Å².